The highest BCUT2D eigenvalue weighted by molar-refractivity contribution is 7.87. The van der Waals surface area contributed by atoms with E-state index in [2.05, 4.69) is 10.0 Å². The van der Waals surface area contributed by atoms with Crippen molar-refractivity contribution >= 4 is 15.9 Å². The molecule has 4 N–H and O–H groups in total. The lowest BCUT2D eigenvalue weighted by atomic mass is 9.79. The van der Waals surface area contributed by atoms with Crippen LogP contribution in [0.5, 0.6) is 0 Å². The molecule has 0 fully saturated rings. The van der Waals surface area contributed by atoms with Gasteiger partial charge in [-0.15, -0.1) is 0 Å². The fraction of sp³-hybridized carbons (Fsp3) is 0.625. The minimum Gasteiger partial charge on any atom is -0.385 e. The number of anilines is 1. The third-order valence-electron chi connectivity index (χ3n) is 4.79. The average Bonchev–Trinajstić information content (AvgIpc) is 2.50. The first kappa shape index (κ1) is 20.0. The summed E-state index contributed by atoms with van der Waals surface area (Å²) < 4.78 is 62.9. The molecule has 142 valence electrons. The normalized spacial score (nSPS) is 22.2. The molecule has 0 saturated heterocycles. The number of halogens is 3. The van der Waals surface area contributed by atoms with Crippen molar-refractivity contribution in [1.29, 1.82) is 0 Å². The summed E-state index contributed by atoms with van der Waals surface area (Å²) in [4.78, 5) is 0. The second-order valence-electron chi connectivity index (χ2n) is 6.81. The van der Waals surface area contributed by atoms with Crippen molar-refractivity contribution in [3.05, 3.63) is 29.3 Å². The van der Waals surface area contributed by atoms with Crippen LogP contribution in [0.2, 0.25) is 0 Å². The van der Waals surface area contributed by atoms with E-state index >= 15 is 0 Å². The lowest BCUT2D eigenvalue weighted by molar-refractivity contribution is -0.137. The molecule has 0 radical (unpaired) electrons. The summed E-state index contributed by atoms with van der Waals surface area (Å²) in [5.41, 5.74) is 0.799. The third-order valence-corrected chi connectivity index (χ3v) is 5.36. The molecule has 25 heavy (non-hydrogen) atoms. The average molecular weight is 379 g/mol. The topological polar surface area (TPSA) is 84.2 Å². The van der Waals surface area contributed by atoms with E-state index in [1.807, 2.05) is 13.8 Å². The Balaban J connectivity index is 2.00. The highest BCUT2D eigenvalue weighted by Crippen LogP contribution is 2.40. The van der Waals surface area contributed by atoms with Crippen molar-refractivity contribution in [3.8, 4) is 0 Å². The highest BCUT2D eigenvalue weighted by atomic mass is 32.2. The van der Waals surface area contributed by atoms with E-state index < -0.39 is 21.9 Å². The van der Waals surface area contributed by atoms with Crippen molar-refractivity contribution in [1.82, 2.24) is 4.72 Å². The Morgan fingerprint density at radius 2 is 2.08 bits per heavy atom. The summed E-state index contributed by atoms with van der Waals surface area (Å²) >= 11 is 0. The van der Waals surface area contributed by atoms with E-state index in [9.17, 15) is 21.6 Å². The molecule has 1 aliphatic rings. The molecule has 3 unspecified atom stereocenters. The van der Waals surface area contributed by atoms with Crippen LogP contribution in [-0.2, 0) is 16.4 Å². The molecule has 1 aliphatic heterocycles. The Hall–Kier alpha value is -1.32. The van der Waals surface area contributed by atoms with Crippen LogP contribution in [0.25, 0.3) is 0 Å². The largest absolute Gasteiger partial charge is 0.416 e. The molecular weight excluding hydrogens is 355 g/mol. The number of rotatable bonds is 6. The number of nitrogens with two attached hydrogens (primary N) is 1. The molecule has 3 atom stereocenters. The number of benzene rings is 1. The number of hydrogen-bond donors (Lipinski definition) is 3. The lowest BCUT2D eigenvalue weighted by Gasteiger charge is -2.33. The molecule has 2 rings (SSSR count). The van der Waals surface area contributed by atoms with Gasteiger partial charge in [-0.1, -0.05) is 13.8 Å². The van der Waals surface area contributed by atoms with E-state index in [1.54, 1.807) is 0 Å². The van der Waals surface area contributed by atoms with Gasteiger partial charge in [-0.25, -0.2) is 9.86 Å². The van der Waals surface area contributed by atoms with E-state index in [0.717, 1.165) is 24.6 Å². The summed E-state index contributed by atoms with van der Waals surface area (Å²) in [7, 11) is -3.70. The zero-order valence-electron chi connectivity index (χ0n) is 14.2. The van der Waals surface area contributed by atoms with Gasteiger partial charge in [0.15, 0.2) is 0 Å². The molecule has 1 aromatic carbocycles. The monoisotopic (exact) mass is 379 g/mol. The molecule has 5 nitrogen and oxygen atoms in total. The summed E-state index contributed by atoms with van der Waals surface area (Å²) in [6.07, 6.45) is -2.81. The molecular formula is C16H24F3N3O2S. The quantitative estimate of drug-likeness (QED) is 0.710. The maximum atomic E-state index is 12.9. The molecule has 0 aliphatic carbocycles. The van der Waals surface area contributed by atoms with Crippen molar-refractivity contribution < 1.29 is 21.6 Å². The fourth-order valence-electron chi connectivity index (χ4n) is 3.16. The highest BCUT2D eigenvalue weighted by Gasteiger charge is 2.33. The van der Waals surface area contributed by atoms with Gasteiger partial charge in [-0.05, 0) is 54.4 Å². The molecule has 9 heteroatoms. The van der Waals surface area contributed by atoms with Crippen molar-refractivity contribution in [2.75, 3.05) is 18.4 Å². The fourth-order valence-corrected chi connectivity index (χ4v) is 3.68. The number of fused-ring (bicyclic) bond motifs is 1. The van der Waals surface area contributed by atoms with Gasteiger partial charge in [0.05, 0.1) is 5.56 Å². The molecule has 0 amide bonds. The van der Waals surface area contributed by atoms with Gasteiger partial charge in [0.2, 0.25) is 0 Å². The van der Waals surface area contributed by atoms with Crippen LogP contribution in [0.1, 0.15) is 43.7 Å². The van der Waals surface area contributed by atoms with E-state index in [1.165, 1.54) is 12.1 Å². The van der Waals surface area contributed by atoms with Crippen LogP contribution < -0.4 is 15.2 Å². The summed E-state index contributed by atoms with van der Waals surface area (Å²) in [6.45, 7) is 4.80. The molecule has 0 bridgehead atoms. The maximum Gasteiger partial charge on any atom is 0.416 e. The minimum atomic E-state index is -4.35. The van der Waals surface area contributed by atoms with Crippen molar-refractivity contribution in [2.24, 2.45) is 17.0 Å². The Bertz CT molecular complexity index is 707. The van der Waals surface area contributed by atoms with Gasteiger partial charge >= 0.3 is 6.18 Å². The Morgan fingerprint density at radius 3 is 2.68 bits per heavy atom. The van der Waals surface area contributed by atoms with Gasteiger partial charge in [0.25, 0.3) is 10.2 Å². The van der Waals surface area contributed by atoms with Gasteiger partial charge in [0.1, 0.15) is 0 Å². The first-order valence-electron chi connectivity index (χ1n) is 8.19. The second-order valence-corrected chi connectivity index (χ2v) is 8.18. The zero-order valence-corrected chi connectivity index (χ0v) is 15.0. The van der Waals surface area contributed by atoms with E-state index in [4.69, 9.17) is 5.14 Å². The standard InChI is InChI=1S/C16H24F3N3O2S/c1-10(8-22-25(20,23)24)3-4-12-9-21-15-6-5-13(16(17,18)19)7-14(15)11(12)2/h5-7,10-12,21-22H,3-4,8-9H2,1-2H3,(H2,20,23,24). The molecule has 0 spiro atoms. The first-order chi connectivity index (χ1) is 11.5. The first-order valence-corrected chi connectivity index (χ1v) is 9.74. The SMILES string of the molecule is CC(CCC1CNc2ccc(C(F)(F)F)cc2C1C)CNS(N)(=O)=O. The molecule has 0 saturated carbocycles. The molecule has 0 aromatic heterocycles. The van der Waals surface area contributed by atoms with Crippen LogP contribution in [0.15, 0.2) is 18.2 Å². The van der Waals surface area contributed by atoms with Crippen LogP contribution in [0, 0.1) is 11.8 Å². The maximum absolute atomic E-state index is 12.9. The minimum absolute atomic E-state index is 0.00282. The smallest absolute Gasteiger partial charge is 0.385 e. The van der Waals surface area contributed by atoms with Crippen LogP contribution in [0.3, 0.4) is 0 Å². The Labute approximate surface area is 146 Å². The van der Waals surface area contributed by atoms with Gasteiger partial charge in [-0.3, -0.25) is 0 Å². The number of alkyl halides is 3. The van der Waals surface area contributed by atoms with E-state index in [0.29, 0.717) is 12.1 Å². The summed E-state index contributed by atoms with van der Waals surface area (Å²) in [6, 6.07) is 3.81. The Kier molecular flexibility index (Phi) is 6.01. The molecule has 1 heterocycles. The summed E-state index contributed by atoms with van der Waals surface area (Å²) in [5.74, 6) is 0.276. The van der Waals surface area contributed by atoms with Crippen molar-refractivity contribution in [2.45, 2.75) is 38.8 Å². The van der Waals surface area contributed by atoms with Gasteiger partial charge < -0.3 is 5.32 Å². The second kappa shape index (κ2) is 7.51. The predicted octanol–water partition coefficient (Wildman–Crippen LogP) is 3.06. The van der Waals surface area contributed by atoms with Crippen molar-refractivity contribution in [3.63, 3.8) is 0 Å². The van der Waals surface area contributed by atoms with Gasteiger partial charge in [-0.2, -0.15) is 21.6 Å². The Morgan fingerprint density at radius 1 is 1.40 bits per heavy atom. The van der Waals surface area contributed by atoms with Gasteiger partial charge in [0, 0.05) is 18.8 Å². The molecule has 1 aromatic rings. The zero-order chi connectivity index (χ0) is 18.8. The van der Waals surface area contributed by atoms with Crippen LogP contribution >= 0.6 is 0 Å². The van der Waals surface area contributed by atoms with Crippen LogP contribution in [-0.4, -0.2) is 21.5 Å². The predicted molar refractivity (Wildman–Crippen MR) is 91.3 cm³/mol. The van der Waals surface area contributed by atoms with E-state index in [-0.39, 0.29) is 24.3 Å². The van der Waals surface area contributed by atoms with Crippen LogP contribution in [0.4, 0.5) is 18.9 Å². The number of hydrogen-bond acceptors (Lipinski definition) is 3. The summed E-state index contributed by atoms with van der Waals surface area (Å²) in [5, 5.41) is 8.11. The lowest BCUT2D eigenvalue weighted by Crippen LogP contribution is -2.34. The third kappa shape index (κ3) is 5.58. The number of nitrogens with one attached hydrogen (secondary N) is 2.